The van der Waals surface area contributed by atoms with Crippen LogP contribution in [0.25, 0.3) is 10.8 Å². The maximum Gasteiger partial charge on any atom is 0.224 e. The van der Waals surface area contributed by atoms with Gasteiger partial charge >= 0.3 is 0 Å². The molecule has 5 nitrogen and oxygen atoms in total. The molecule has 1 aliphatic rings. The molecule has 0 radical (unpaired) electrons. The van der Waals surface area contributed by atoms with Gasteiger partial charge in [-0.3, -0.25) is 9.69 Å². The second kappa shape index (κ2) is 8.59. The fourth-order valence-electron chi connectivity index (χ4n) is 3.82. The zero-order valence-corrected chi connectivity index (χ0v) is 16.2. The summed E-state index contributed by atoms with van der Waals surface area (Å²) < 4.78 is 11.4. The normalized spacial score (nSPS) is 16.2. The minimum absolute atomic E-state index is 0.0223. The van der Waals surface area contributed by atoms with Gasteiger partial charge in [0.05, 0.1) is 25.7 Å². The molecule has 4 rings (SSSR count). The van der Waals surface area contributed by atoms with Crippen LogP contribution in [0.1, 0.15) is 23.1 Å². The SMILES string of the molecule is Cc1ccc(C(CNC(=O)Cc2cccc3ccccc23)N2CCOCC2)o1. The Labute approximate surface area is 165 Å². The van der Waals surface area contributed by atoms with E-state index in [2.05, 4.69) is 28.4 Å². The molecule has 1 aliphatic heterocycles. The van der Waals surface area contributed by atoms with Gasteiger partial charge in [0.1, 0.15) is 11.5 Å². The maximum atomic E-state index is 12.7. The Morgan fingerprint density at radius 3 is 2.64 bits per heavy atom. The molecule has 2 heterocycles. The van der Waals surface area contributed by atoms with Crippen LogP contribution in [0, 0.1) is 6.92 Å². The Hall–Kier alpha value is -2.63. The number of carbonyl (C=O) groups is 1. The zero-order valence-electron chi connectivity index (χ0n) is 16.2. The molecule has 1 aromatic heterocycles. The van der Waals surface area contributed by atoms with Crippen LogP contribution < -0.4 is 5.32 Å². The molecule has 28 heavy (non-hydrogen) atoms. The molecule has 0 bridgehead atoms. The predicted molar refractivity (Wildman–Crippen MR) is 109 cm³/mol. The third-order valence-corrected chi connectivity index (χ3v) is 5.30. The fraction of sp³-hybridized carbons (Fsp3) is 0.348. The summed E-state index contributed by atoms with van der Waals surface area (Å²) in [6, 6.07) is 18.3. The lowest BCUT2D eigenvalue weighted by atomic mass is 10.0. The first-order chi connectivity index (χ1) is 13.7. The number of nitrogens with one attached hydrogen (secondary N) is 1. The molecule has 2 aromatic carbocycles. The van der Waals surface area contributed by atoms with E-state index < -0.39 is 0 Å². The van der Waals surface area contributed by atoms with E-state index in [4.69, 9.17) is 9.15 Å². The summed E-state index contributed by atoms with van der Waals surface area (Å²) in [5.41, 5.74) is 1.05. The second-order valence-corrected chi connectivity index (χ2v) is 7.23. The molecule has 146 valence electrons. The number of carbonyl (C=O) groups excluding carboxylic acids is 1. The van der Waals surface area contributed by atoms with E-state index in [0.717, 1.165) is 40.9 Å². The van der Waals surface area contributed by atoms with Crippen LogP contribution in [0.2, 0.25) is 0 Å². The summed E-state index contributed by atoms with van der Waals surface area (Å²) in [7, 11) is 0. The first-order valence-corrected chi connectivity index (χ1v) is 9.82. The molecule has 1 atom stereocenters. The third kappa shape index (κ3) is 4.26. The average Bonchev–Trinajstić information content (AvgIpc) is 3.15. The number of hydrogen-bond acceptors (Lipinski definition) is 4. The van der Waals surface area contributed by atoms with Crippen molar-refractivity contribution in [1.82, 2.24) is 10.2 Å². The number of fused-ring (bicyclic) bond motifs is 1. The predicted octanol–water partition coefficient (Wildman–Crippen LogP) is 3.47. The lowest BCUT2D eigenvalue weighted by Gasteiger charge is -2.33. The van der Waals surface area contributed by atoms with Crippen LogP contribution in [-0.4, -0.2) is 43.7 Å². The number of rotatable bonds is 6. The van der Waals surface area contributed by atoms with E-state index in [9.17, 15) is 4.79 Å². The summed E-state index contributed by atoms with van der Waals surface area (Å²) in [6.07, 6.45) is 0.369. The highest BCUT2D eigenvalue weighted by molar-refractivity contribution is 5.90. The fourth-order valence-corrected chi connectivity index (χ4v) is 3.82. The largest absolute Gasteiger partial charge is 0.465 e. The Kier molecular flexibility index (Phi) is 5.74. The number of furan rings is 1. The van der Waals surface area contributed by atoms with E-state index in [1.165, 1.54) is 0 Å². The van der Waals surface area contributed by atoms with Crippen molar-refractivity contribution >= 4 is 16.7 Å². The lowest BCUT2D eigenvalue weighted by Crippen LogP contribution is -2.44. The molecule has 0 spiro atoms. The number of ether oxygens (including phenoxy) is 1. The monoisotopic (exact) mass is 378 g/mol. The minimum atomic E-state index is 0.0223. The van der Waals surface area contributed by atoms with Gasteiger partial charge in [-0.25, -0.2) is 0 Å². The van der Waals surface area contributed by atoms with Crippen molar-refractivity contribution in [2.45, 2.75) is 19.4 Å². The molecule has 1 unspecified atom stereocenters. The summed E-state index contributed by atoms with van der Waals surface area (Å²) >= 11 is 0. The van der Waals surface area contributed by atoms with Crippen molar-refractivity contribution in [2.75, 3.05) is 32.8 Å². The summed E-state index contributed by atoms with van der Waals surface area (Å²) in [5, 5.41) is 5.41. The van der Waals surface area contributed by atoms with Crippen molar-refractivity contribution < 1.29 is 13.9 Å². The molecule has 5 heteroatoms. The van der Waals surface area contributed by atoms with Gasteiger partial charge in [-0.1, -0.05) is 42.5 Å². The van der Waals surface area contributed by atoms with Crippen LogP contribution in [0.5, 0.6) is 0 Å². The number of nitrogens with zero attached hydrogens (tertiary/aromatic N) is 1. The van der Waals surface area contributed by atoms with Crippen LogP contribution in [0.4, 0.5) is 0 Å². The smallest absolute Gasteiger partial charge is 0.224 e. The Bertz CT molecular complexity index is 938. The van der Waals surface area contributed by atoms with Gasteiger partial charge in [0.25, 0.3) is 0 Å². The van der Waals surface area contributed by atoms with Gasteiger partial charge in [-0.05, 0) is 35.4 Å². The van der Waals surface area contributed by atoms with Gasteiger partial charge in [-0.2, -0.15) is 0 Å². The summed E-state index contributed by atoms with van der Waals surface area (Å²) in [4.78, 5) is 15.0. The standard InChI is InChI=1S/C23H26N2O3/c1-17-9-10-22(28-17)21(25-11-13-27-14-12-25)16-24-23(26)15-19-7-4-6-18-5-2-3-8-20(18)19/h2-10,21H,11-16H2,1H3,(H,24,26). The number of benzene rings is 2. The van der Waals surface area contributed by atoms with E-state index in [-0.39, 0.29) is 11.9 Å². The van der Waals surface area contributed by atoms with E-state index in [1.807, 2.05) is 43.3 Å². The first-order valence-electron chi connectivity index (χ1n) is 9.82. The first kappa shape index (κ1) is 18.7. The highest BCUT2D eigenvalue weighted by Crippen LogP contribution is 2.24. The quantitative estimate of drug-likeness (QED) is 0.714. The molecule has 1 fully saturated rings. The zero-order chi connectivity index (χ0) is 19.3. The van der Waals surface area contributed by atoms with Crippen LogP contribution in [0.3, 0.4) is 0 Å². The topological polar surface area (TPSA) is 54.7 Å². The highest BCUT2D eigenvalue weighted by Gasteiger charge is 2.25. The van der Waals surface area contributed by atoms with E-state index >= 15 is 0 Å². The summed E-state index contributed by atoms with van der Waals surface area (Å²) in [6.45, 7) is 5.56. The Morgan fingerprint density at radius 2 is 1.86 bits per heavy atom. The average molecular weight is 378 g/mol. The number of amides is 1. The van der Waals surface area contributed by atoms with Crippen molar-refractivity contribution in [2.24, 2.45) is 0 Å². The van der Waals surface area contributed by atoms with Crippen molar-refractivity contribution in [1.29, 1.82) is 0 Å². The van der Waals surface area contributed by atoms with Crippen LogP contribution >= 0.6 is 0 Å². The Balaban J connectivity index is 1.45. The van der Waals surface area contributed by atoms with Gasteiger partial charge in [0.15, 0.2) is 0 Å². The molecule has 0 saturated carbocycles. The summed E-state index contributed by atoms with van der Waals surface area (Å²) in [5.74, 6) is 1.80. The number of aryl methyl sites for hydroxylation is 1. The molecule has 1 amide bonds. The number of hydrogen-bond donors (Lipinski definition) is 1. The molecule has 1 saturated heterocycles. The van der Waals surface area contributed by atoms with Crippen molar-refractivity contribution in [3.8, 4) is 0 Å². The molecule has 1 N–H and O–H groups in total. The molecule has 3 aromatic rings. The third-order valence-electron chi connectivity index (χ3n) is 5.30. The Morgan fingerprint density at radius 1 is 1.07 bits per heavy atom. The van der Waals surface area contributed by atoms with Gasteiger partial charge < -0.3 is 14.5 Å². The lowest BCUT2D eigenvalue weighted by molar-refractivity contribution is -0.120. The molecular weight excluding hydrogens is 352 g/mol. The van der Waals surface area contributed by atoms with E-state index in [1.54, 1.807) is 0 Å². The highest BCUT2D eigenvalue weighted by atomic mass is 16.5. The van der Waals surface area contributed by atoms with Gasteiger partial charge in [0.2, 0.25) is 5.91 Å². The van der Waals surface area contributed by atoms with Gasteiger partial charge in [-0.15, -0.1) is 0 Å². The number of morpholine rings is 1. The second-order valence-electron chi connectivity index (χ2n) is 7.23. The van der Waals surface area contributed by atoms with Gasteiger partial charge in [0, 0.05) is 19.6 Å². The van der Waals surface area contributed by atoms with Crippen molar-refractivity contribution in [3.05, 3.63) is 71.7 Å². The van der Waals surface area contributed by atoms with Crippen LogP contribution in [0.15, 0.2) is 59.0 Å². The molecular formula is C23H26N2O3. The maximum absolute atomic E-state index is 12.7. The van der Waals surface area contributed by atoms with Crippen LogP contribution in [-0.2, 0) is 16.0 Å². The van der Waals surface area contributed by atoms with Crippen molar-refractivity contribution in [3.63, 3.8) is 0 Å². The molecule has 0 aliphatic carbocycles. The minimum Gasteiger partial charge on any atom is -0.465 e. The van der Waals surface area contributed by atoms with E-state index in [0.29, 0.717) is 26.2 Å².